The van der Waals surface area contributed by atoms with E-state index in [1.807, 2.05) is 30.5 Å². The third kappa shape index (κ3) is 5.67. The Hall–Kier alpha value is -3.19. The molecule has 0 fully saturated rings. The van der Waals surface area contributed by atoms with Crippen LogP contribution < -0.4 is 4.74 Å². The van der Waals surface area contributed by atoms with Crippen molar-refractivity contribution in [1.29, 1.82) is 0 Å². The first kappa shape index (κ1) is 21.5. The van der Waals surface area contributed by atoms with Crippen LogP contribution in [0.5, 0.6) is 5.75 Å². The topological polar surface area (TPSA) is 68.1 Å². The van der Waals surface area contributed by atoms with Crippen LogP contribution in [-0.2, 0) is 16.1 Å². The first-order valence-electron chi connectivity index (χ1n) is 9.53. The molecule has 0 aliphatic carbocycles. The number of halogens is 1. The van der Waals surface area contributed by atoms with Crippen LogP contribution in [-0.4, -0.2) is 30.0 Å². The third-order valence-electron chi connectivity index (χ3n) is 4.35. The smallest absolute Gasteiger partial charge is 0.307 e. The number of carbonyl (C=O) groups is 1. The lowest BCUT2D eigenvalue weighted by atomic mass is 10.1. The van der Waals surface area contributed by atoms with Crippen molar-refractivity contribution in [3.63, 3.8) is 0 Å². The lowest BCUT2D eigenvalue weighted by Gasteiger charge is -2.09. The van der Waals surface area contributed by atoms with Crippen LogP contribution in [0, 0.1) is 5.82 Å². The molecule has 0 saturated heterocycles. The monoisotopic (exact) mass is 427 g/mol. The van der Waals surface area contributed by atoms with E-state index in [0.717, 1.165) is 16.8 Å². The second-order valence-corrected chi connectivity index (χ2v) is 7.38. The summed E-state index contributed by atoms with van der Waals surface area (Å²) < 4.78 is 19.6. The van der Waals surface area contributed by atoms with Gasteiger partial charge in [-0.1, -0.05) is 54.5 Å². The van der Waals surface area contributed by atoms with E-state index in [1.165, 1.54) is 17.0 Å². The first-order chi connectivity index (χ1) is 14.6. The lowest BCUT2D eigenvalue weighted by molar-refractivity contribution is -0.136. The molecule has 0 spiro atoms. The Labute approximate surface area is 178 Å². The number of hydrogen-bond donors (Lipinski definition) is 1. The molecule has 2 aromatic carbocycles. The van der Waals surface area contributed by atoms with E-state index in [2.05, 4.69) is 23.4 Å². The van der Waals surface area contributed by atoms with Gasteiger partial charge in [-0.15, -0.1) is 11.3 Å². The van der Waals surface area contributed by atoms with Crippen molar-refractivity contribution in [3.8, 4) is 16.2 Å². The number of carboxylic acids is 1. The molecule has 0 bridgehead atoms. The van der Waals surface area contributed by atoms with E-state index in [0.29, 0.717) is 6.42 Å². The van der Waals surface area contributed by atoms with Crippen LogP contribution in [0.2, 0.25) is 0 Å². The fourth-order valence-electron chi connectivity index (χ4n) is 2.87. The zero-order valence-electron chi connectivity index (χ0n) is 16.5. The largest absolute Gasteiger partial charge is 0.487 e. The molecule has 1 aromatic heterocycles. The molecule has 0 atom stereocenters. The molecule has 0 aliphatic heterocycles. The second-order valence-electron chi connectivity index (χ2n) is 6.43. The van der Waals surface area contributed by atoms with Gasteiger partial charge >= 0.3 is 5.97 Å². The van der Waals surface area contributed by atoms with Gasteiger partial charge in [0.15, 0.2) is 18.2 Å². The average Bonchev–Trinajstić information content (AvgIpc) is 3.28. The summed E-state index contributed by atoms with van der Waals surface area (Å²) in [5.74, 6) is -1.76. The Bertz CT molecular complexity index is 1000. The summed E-state index contributed by atoms with van der Waals surface area (Å²) in [5, 5.41) is 15.1. The van der Waals surface area contributed by atoms with Crippen LogP contribution in [0.4, 0.5) is 4.39 Å². The number of nitrogens with zero attached hydrogens (tertiary/aromatic N) is 1. The molecular weight excluding hydrogens is 405 g/mol. The Morgan fingerprint density at radius 2 is 1.90 bits per heavy atom. The predicted molar refractivity (Wildman–Crippen MR) is 116 cm³/mol. The molecule has 3 rings (SSSR count). The van der Waals surface area contributed by atoms with Gasteiger partial charge in [0.2, 0.25) is 0 Å². The highest BCUT2D eigenvalue weighted by Crippen LogP contribution is 2.25. The highest BCUT2D eigenvalue weighted by molar-refractivity contribution is 7.13. The second kappa shape index (κ2) is 10.5. The zero-order chi connectivity index (χ0) is 21.3. The number of rotatable bonds is 10. The van der Waals surface area contributed by atoms with Gasteiger partial charge in [-0.3, -0.25) is 4.79 Å². The quantitative estimate of drug-likeness (QED) is 0.268. The van der Waals surface area contributed by atoms with Gasteiger partial charge in [-0.25, -0.2) is 4.39 Å². The van der Waals surface area contributed by atoms with Gasteiger partial charge < -0.3 is 14.7 Å². The molecule has 0 aliphatic rings. The summed E-state index contributed by atoms with van der Waals surface area (Å²) in [4.78, 5) is 17.3. The molecule has 0 saturated carbocycles. The number of ether oxygens (including phenoxy) is 1. The highest BCUT2D eigenvalue weighted by Gasteiger charge is 2.12. The van der Waals surface area contributed by atoms with Crippen LogP contribution >= 0.6 is 11.3 Å². The Morgan fingerprint density at radius 3 is 2.57 bits per heavy atom. The zero-order valence-corrected chi connectivity index (χ0v) is 17.3. The van der Waals surface area contributed by atoms with Crippen molar-refractivity contribution < 1.29 is 23.9 Å². The van der Waals surface area contributed by atoms with Crippen molar-refractivity contribution in [2.24, 2.45) is 5.16 Å². The lowest BCUT2D eigenvalue weighted by Crippen LogP contribution is -2.09. The van der Waals surface area contributed by atoms with Crippen molar-refractivity contribution in [2.45, 2.75) is 19.8 Å². The summed E-state index contributed by atoms with van der Waals surface area (Å²) in [5.41, 5.74) is 3.03. The van der Waals surface area contributed by atoms with Gasteiger partial charge in [-0.2, -0.15) is 0 Å². The van der Waals surface area contributed by atoms with Gasteiger partial charge in [0.25, 0.3) is 0 Å². The van der Waals surface area contributed by atoms with Gasteiger partial charge in [-0.05, 0) is 35.1 Å². The van der Waals surface area contributed by atoms with E-state index in [4.69, 9.17) is 14.7 Å². The van der Waals surface area contributed by atoms with E-state index < -0.39 is 18.2 Å². The predicted octanol–water partition coefficient (Wildman–Crippen LogP) is 5.39. The molecule has 30 heavy (non-hydrogen) atoms. The standard InChI is InChI=1S/C23H22FNO4S/c1-2-19(16-8-10-17(11-9-16)21-7-4-14-30-21)25-29-13-12-28-20-6-3-5-18(23(20)24)15-22(26)27/h3-11,14H,2,12-13,15H2,1H3,(H,26,27). The number of thiophene rings is 1. The molecule has 3 aromatic rings. The maximum atomic E-state index is 14.2. The fraction of sp³-hybridized carbons (Fsp3) is 0.217. The Balaban J connectivity index is 1.54. The molecule has 5 nitrogen and oxygen atoms in total. The maximum Gasteiger partial charge on any atom is 0.307 e. The normalized spacial score (nSPS) is 11.3. The van der Waals surface area contributed by atoms with Gasteiger partial charge in [0, 0.05) is 10.4 Å². The number of oxime groups is 1. The Kier molecular flexibility index (Phi) is 7.57. The summed E-state index contributed by atoms with van der Waals surface area (Å²) >= 11 is 1.69. The third-order valence-corrected chi connectivity index (χ3v) is 5.27. The first-order valence-corrected chi connectivity index (χ1v) is 10.4. The fourth-order valence-corrected chi connectivity index (χ4v) is 3.60. The molecule has 1 N–H and O–H groups in total. The highest BCUT2D eigenvalue weighted by atomic mass is 32.1. The van der Waals surface area contributed by atoms with Crippen LogP contribution in [0.3, 0.4) is 0 Å². The molecule has 156 valence electrons. The van der Waals surface area contributed by atoms with Crippen molar-refractivity contribution in [2.75, 3.05) is 13.2 Å². The summed E-state index contributed by atoms with van der Waals surface area (Å²) in [6.07, 6.45) is 0.306. The number of aliphatic carboxylic acids is 1. The van der Waals surface area contributed by atoms with E-state index in [-0.39, 0.29) is 24.5 Å². The molecular formula is C23H22FNO4S. The molecule has 1 heterocycles. The van der Waals surface area contributed by atoms with E-state index in [1.54, 1.807) is 17.4 Å². The van der Waals surface area contributed by atoms with Crippen LogP contribution in [0.25, 0.3) is 10.4 Å². The van der Waals surface area contributed by atoms with Crippen LogP contribution in [0.1, 0.15) is 24.5 Å². The summed E-state index contributed by atoms with van der Waals surface area (Å²) in [6.45, 7) is 2.22. The van der Waals surface area contributed by atoms with Crippen molar-refractivity contribution in [3.05, 3.63) is 76.9 Å². The van der Waals surface area contributed by atoms with Crippen LogP contribution in [0.15, 0.2) is 65.1 Å². The maximum absolute atomic E-state index is 14.2. The molecule has 0 unspecified atom stereocenters. The number of carboxylic acid groups (broad SMARTS) is 1. The molecule has 0 amide bonds. The summed E-state index contributed by atoms with van der Waals surface area (Å²) in [7, 11) is 0. The van der Waals surface area contributed by atoms with E-state index in [9.17, 15) is 9.18 Å². The van der Waals surface area contributed by atoms with Gasteiger partial charge in [0.1, 0.15) is 6.61 Å². The number of hydrogen-bond acceptors (Lipinski definition) is 5. The van der Waals surface area contributed by atoms with Gasteiger partial charge in [0.05, 0.1) is 12.1 Å². The van der Waals surface area contributed by atoms with Crippen molar-refractivity contribution in [1.82, 2.24) is 0 Å². The molecule has 0 radical (unpaired) electrons. The average molecular weight is 427 g/mol. The minimum absolute atomic E-state index is 0.00112. The van der Waals surface area contributed by atoms with E-state index >= 15 is 0 Å². The minimum Gasteiger partial charge on any atom is -0.487 e. The Morgan fingerprint density at radius 1 is 1.10 bits per heavy atom. The van der Waals surface area contributed by atoms with Crippen molar-refractivity contribution >= 4 is 23.0 Å². The minimum atomic E-state index is -1.10. The SMILES string of the molecule is CCC(=NOCCOc1cccc(CC(=O)O)c1F)c1ccc(-c2cccs2)cc1. The number of benzene rings is 2. The summed E-state index contributed by atoms with van der Waals surface area (Å²) in [6, 6.07) is 16.7. The molecule has 7 heteroatoms.